The first-order chi connectivity index (χ1) is 19.7. The van der Waals surface area contributed by atoms with Gasteiger partial charge < -0.3 is 20.1 Å². The number of hydrogen-bond donors (Lipinski definition) is 3. The molecule has 0 unspecified atom stereocenters. The number of nitrogens with zero attached hydrogens (tertiary/aromatic N) is 2. The van der Waals surface area contributed by atoms with Crippen LogP contribution in [0.4, 0.5) is 9.59 Å². The minimum absolute atomic E-state index is 0.0161. The first-order valence-corrected chi connectivity index (χ1v) is 13.9. The van der Waals surface area contributed by atoms with Crippen LogP contribution < -0.4 is 16.4 Å². The molecule has 1 aromatic heterocycles. The maximum absolute atomic E-state index is 11.9. The van der Waals surface area contributed by atoms with Crippen molar-refractivity contribution in [2.75, 3.05) is 0 Å². The molecule has 0 radical (unpaired) electrons. The summed E-state index contributed by atoms with van der Waals surface area (Å²) in [5.74, 6) is -0.175. The van der Waals surface area contributed by atoms with Crippen molar-refractivity contribution in [3.8, 4) is 17.5 Å². The zero-order chi connectivity index (χ0) is 30.7. The molecule has 2 aliphatic carbocycles. The van der Waals surface area contributed by atoms with Crippen LogP contribution in [0, 0.1) is 11.3 Å². The van der Waals surface area contributed by atoms with Gasteiger partial charge in [-0.1, -0.05) is 23.4 Å². The Bertz CT molecular complexity index is 1550. The molecule has 0 fully saturated rings. The fourth-order valence-corrected chi connectivity index (χ4v) is 5.01. The Morgan fingerprint density at radius 3 is 1.90 bits per heavy atom. The number of ether oxygens (including phenoxy) is 2. The molecule has 2 atom stereocenters. The van der Waals surface area contributed by atoms with E-state index >= 15 is 0 Å². The van der Waals surface area contributed by atoms with Crippen LogP contribution in [-0.2, 0) is 22.3 Å². The predicted octanol–water partition coefficient (Wildman–Crippen LogP) is 5.61. The van der Waals surface area contributed by atoms with E-state index in [0.29, 0.717) is 11.4 Å². The van der Waals surface area contributed by atoms with Crippen molar-refractivity contribution >= 4 is 12.2 Å². The lowest BCUT2D eigenvalue weighted by Gasteiger charge is -2.22. The van der Waals surface area contributed by atoms with Crippen LogP contribution >= 0.6 is 0 Å². The molecular weight excluding hydrogens is 538 g/mol. The summed E-state index contributed by atoms with van der Waals surface area (Å²) in [6, 6.07) is 13.4. The minimum Gasteiger partial charge on any atom is -0.444 e. The number of aryl methyl sites for hydroxylation is 2. The highest BCUT2D eigenvalue weighted by Crippen LogP contribution is 2.34. The number of fused-ring (bicyclic) bond motifs is 2. The van der Waals surface area contributed by atoms with Gasteiger partial charge in [0, 0.05) is 5.56 Å². The Morgan fingerprint density at radius 2 is 1.43 bits per heavy atom. The van der Waals surface area contributed by atoms with E-state index in [2.05, 4.69) is 31.4 Å². The number of nitrogens with one attached hydrogen (secondary N) is 3. The second-order valence-electron chi connectivity index (χ2n) is 12.4. The van der Waals surface area contributed by atoms with Crippen molar-refractivity contribution in [2.24, 2.45) is 0 Å². The highest BCUT2D eigenvalue weighted by atomic mass is 16.6. The Morgan fingerprint density at radius 1 is 0.905 bits per heavy atom. The van der Waals surface area contributed by atoms with Gasteiger partial charge in [0.25, 0.3) is 0 Å². The van der Waals surface area contributed by atoms with E-state index in [1.807, 2.05) is 71.9 Å². The third-order valence-corrected chi connectivity index (χ3v) is 6.67. The van der Waals surface area contributed by atoms with Gasteiger partial charge >= 0.3 is 17.9 Å². The molecule has 2 amide bonds. The number of hydrogen-bond acceptors (Lipinski definition) is 8. The number of nitriles is 1. The van der Waals surface area contributed by atoms with Gasteiger partial charge in [0.05, 0.1) is 23.7 Å². The molecule has 0 spiro atoms. The molecule has 1 heterocycles. The molecule has 0 saturated heterocycles. The predicted molar refractivity (Wildman–Crippen MR) is 155 cm³/mol. The standard InChI is InChI=1S/C16H19N3O4.C15H18N2O2/c1-16(2,3)22-14(20)17-12-7-5-9-8-10(4-6-11(9)12)13-18-15(21)23-19-13;1-15(2,3)19-14(18)17-13-7-5-11-8-10(9-16)4-6-12(11)13/h4,6,8,12H,5,7H2,1-3H3,(H,17,20)(H,18,19,21);4,6,8,13H,5,7H2,1-3H3,(H,17,18)/t12-;13-/m00/s1. The molecule has 2 aromatic carbocycles. The fourth-order valence-electron chi connectivity index (χ4n) is 5.01. The summed E-state index contributed by atoms with van der Waals surface area (Å²) >= 11 is 0. The monoisotopic (exact) mass is 575 g/mol. The second-order valence-corrected chi connectivity index (χ2v) is 12.4. The summed E-state index contributed by atoms with van der Waals surface area (Å²) in [6.07, 6.45) is 2.57. The van der Waals surface area contributed by atoms with E-state index in [-0.39, 0.29) is 12.1 Å². The minimum atomic E-state index is -0.579. The van der Waals surface area contributed by atoms with E-state index in [9.17, 15) is 14.4 Å². The Kier molecular flexibility index (Phi) is 8.75. The normalized spacial score (nSPS) is 17.2. The van der Waals surface area contributed by atoms with Crippen molar-refractivity contribution in [3.05, 3.63) is 74.8 Å². The molecule has 0 aliphatic heterocycles. The van der Waals surface area contributed by atoms with Crippen molar-refractivity contribution in [1.82, 2.24) is 20.8 Å². The molecule has 42 heavy (non-hydrogen) atoms. The zero-order valence-corrected chi connectivity index (χ0v) is 24.8. The van der Waals surface area contributed by atoms with Crippen molar-refractivity contribution in [2.45, 2.75) is 90.5 Å². The molecule has 0 bridgehead atoms. The van der Waals surface area contributed by atoms with Crippen LogP contribution in [-0.4, -0.2) is 33.5 Å². The molecule has 11 nitrogen and oxygen atoms in total. The molecule has 3 N–H and O–H groups in total. The van der Waals surface area contributed by atoms with E-state index in [4.69, 9.17) is 14.7 Å². The number of aromatic amines is 1. The lowest BCUT2D eigenvalue weighted by atomic mass is 10.0. The molecule has 5 rings (SSSR count). The number of alkyl carbamates (subject to hydrolysis) is 2. The smallest absolute Gasteiger partial charge is 0.439 e. The van der Waals surface area contributed by atoms with Gasteiger partial charge in [-0.05, 0) is 108 Å². The Labute approximate surface area is 244 Å². The van der Waals surface area contributed by atoms with Crippen molar-refractivity contribution < 1.29 is 23.6 Å². The van der Waals surface area contributed by atoms with Gasteiger partial charge in [0.1, 0.15) is 11.2 Å². The zero-order valence-electron chi connectivity index (χ0n) is 24.8. The first-order valence-electron chi connectivity index (χ1n) is 13.9. The molecular formula is C31H37N5O6. The van der Waals surface area contributed by atoms with Gasteiger partial charge in [-0.3, -0.25) is 9.51 Å². The average molecular weight is 576 g/mol. The number of H-pyrrole nitrogens is 1. The second kappa shape index (κ2) is 12.1. The van der Waals surface area contributed by atoms with Crippen LogP contribution in [0.1, 0.15) is 94.3 Å². The third-order valence-electron chi connectivity index (χ3n) is 6.67. The fraction of sp³-hybridized carbons (Fsp3) is 0.452. The molecule has 2 aliphatic rings. The highest BCUT2D eigenvalue weighted by Gasteiger charge is 2.28. The first kappa shape index (κ1) is 30.4. The van der Waals surface area contributed by atoms with Crippen LogP contribution in [0.3, 0.4) is 0 Å². The maximum atomic E-state index is 11.9. The molecule has 3 aromatic rings. The van der Waals surface area contributed by atoms with Crippen LogP contribution in [0.25, 0.3) is 11.4 Å². The lowest BCUT2D eigenvalue weighted by Crippen LogP contribution is -2.34. The van der Waals surface area contributed by atoms with Crippen LogP contribution in [0.15, 0.2) is 45.7 Å². The van der Waals surface area contributed by atoms with Gasteiger partial charge in [0.2, 0.25) is 0 Å². The van der Waals surface area contributed by atoms with Crippen LogP contribution in [0.2, 0.25) is 0 Å². The number of rotatable bonds is 3. The summed E-state index contributed by atoms with van der Waals surface area (Å²) in [5, 5.41) is 18.3. The Hall–Kier alpha value is -4.59. The average Bonchev–Trinajstić information content (AvgIpc) is 3.60. The summed E-state index contributed by atoms with van der Waals surface area (Å²) in [7, 11) is 0. The van der Waals surface area contributed by atoms with E-state index < -0.39 is 29.1 Å². The van der Waals surface area contributed by atoms with E-state index in [1.165, 1.54) is 0 Å². The van der Waals surface area contributed by atoms with Crippen LogP contribution in [0.5, 0.6) is 0 Å². The largest absolute Gasteiger partial charge is 0.444 e. The van der Waals surface area contributed by atoms with Crippen molar-refractivity contribution in [3.63, 3.8) is 0 Å². The van der Waals surface area contributed by atoms with Crippen molar-refractivity contribution in [1.29, 1.82) is 5.26 Å². The molecule has 222 valence electrons. The highest BCUT2D eigenvalue weighted by molar-refractivity contribution is 5.69. The maximum Gasteiger partial charge on any atom is 0.439 e. The lowest BCUT2D eigenvalue weighted by molar-refractivity contribution is 0.0492. The summed E-state index contributed by atoms with van der Waals surface area (Å²) in [5.41, 5.74) is 4.84. The van der Waals surface area contributed by atoms with Gasteiger partial charge in [0.15, 0.2) is 5.82 Å². The number of benzene rings is 2. The summed E-state index contributed by atoms with van der Waals surface area (Å²) < 4.78 is 15.1. The summed E-state index contributed by atoms with van der Waals surface area (Å²) in [4.78, 5) is 37.3. The van der Waals surface area contributed by atoms with Gasteiger partial charge in [-0.25, -0.2) is 14.4 Å². The quantitative estimate of drug-likeness (QED) is 0.363. The van der Waals surface area contributed by atoms with Gasteiger partial charge in [-0.15, -0.1) is 0 Å². The number of aromatic nitrogens is 2. The Balaban J connectivity index is 0.000000197. The molecule has 11 heteroatoms. The number of carbonyl (C=O) groups is 2. The van der Waals surface area contributed by atoms with E-state index in [0.717, 1.165) is 53.5 Å². The molecule has 0 saturated carbocycles. The number of amides is 2. The number of carbonyl (C=O) groups excluding carboxylic acids is 2. The van der Waals surface area contributed by atoms with E-state index in [1.54, 1.807) is 6.07 Å². The topological polar surface area (TPSA) is 159 Å². The third kappa shape index (κ3) is 8.00. The summed E-state index contributed by atoms with van der Waals surface area (Å²) in [6.45, 7) is 11.0. The van der Waals surface area contributed by atoms with Gasteiger partial charge in [-0.2, -0.15) is 5.26 Å². The SMILES string of the molecule is CC(C)(C)OC(=O)N[C@H]1CCc2cc(-c3noc(=O)[nH]3)ccc21.CC(C)(C)OC(=O)N[C@H]1CCc2cc(C#N)ccc21.